The van der Waals surface area contributed by atoms with Crippen molar-refractivity contribution in [3.05, 3.63) is 10.7 Å². The lowest BCUT2D eigenvalue weighted by Crippen LogP contribution is -2.25. The first-order valence-corrected chi connectivity index (χ1v) is 9.50. The van der Waals surface area contributed by atoms with Crippen molar-refractivity contribution in [3.63, 3.8) is 0 Å². The molecule has 0 unspecified atom stereocenters. The second-order valence-corrected chi connectivity index (χ2v) is 12.0. The van der Waals surface area contributed by atoms with Gasteiger partial charge in [-0.25, -0.2) is 0 Å². The maximum Gasteiger partial charge on any atom is 0.242 e. The van der Waals surface area contributed by atoms with Crippen LogP contribution in [0.4, 0.5) is 0 Å². The molecule has 14 heavy (non-hydrogen) atoms. The van der Waals surface area contributed by atoms with E-state index in [1.54, 1.807) is 0 Å². The lowest BCUT2D eigenvalue weighted by molar-refractivity contribution is 0.459. The summed E-state index contributed by atoms with van der Waals surface area (Å²) in [6.07, 6.45) is 2.51. The highest BCUT2D eigenvalue weighted by molar-refractivity contribution is 8.04. The molecule has 0 aromatic heterocycles. The van der Waals surface area contributed by atoms with Gasteiger partial charge in [-0.1, -0.05) is 32.5 Å². The molecule has 0 aliphatic heterocycles. The van der Waals surface area contributed by atoms with E-state index in [1.165, 1.54) is 23.5 Å². The molecule has 1 saturated carbocycles. The van der Waals surface area contributed by atoms with Crippen LogP contribution in [-0.4, -0.2) is 13.1 Å². The third-order valence-corrected chi connectivity index (χ3v) is 3.72. The largest absolute Gasteiger partial charge is 0.540 e. The van der Waals surface area contributed by atoms with Gasteiger partial charge < -0.3 is 4.43 Å². The number of thioether (sulfide) groups is 1. The number of hydrogen-bond donors (Lipinski definition) is 0. The predicted molar refractivity (Wildman–Crippen MR) is 68.0 cm³/mol. The van der Waals surface area contributed by atoms with Crippen molar-refractivity contribution < 1.29 is 4.43 Å². The average molecular weight is 230 g/mol. The third-order valence-electron chi connectivity index (χ3n) is 1.59. The molecule has 0 heterocycles. The van der Waals surface area contributed by atoms with Crippen LogP contribution in [0.25, 0.3) is 0 Å². The molecule has 0 spiro atoms. The van der Waals surface area contributed by atoms with E-state index in [4.69, 9.17) is 4.43 Å². The van der Waals surface area contributed by atoms with E-state index in [1.807, 2.05) is 11.8 Å². The summed E-state index contributed by atoms with van der Waals surface area (Å²) in [5.74, 6) is 0. The van der Waals surface area contributed by atoms with Crippen LogP contribution in [0.1, 0.15) is 33.6 Å². The summed E-state index contributed by atoms with van der Waals surface area (Å²) in [5, 5.41) is 1.23. The first-order valence-electron chi connectivity index (χ1n) is 5.27. The molecule has 0 aromatic carbocycles. The summed E-state index contributed by atoms with van der Waals surface area (Å²) in [4.78, 5) is 0. The van der Waals surface area contributed by atoms with Crippen LogP contribution in [0.15, 0.2) is 10.7 Å². The Morgan fingerprint density at radius 2 is 1.71 bits per heavy atom. The van der Waals surface area contributed by atoms with Gasteiger partial charge in [0.15, 0.2) is 0 Å². The number of hydrogen-bond acceptors (Lipinski definition) is 2. The topological polar surface area (TPSA) is 9.23 Å². The summed E-state index contributed by atoms with van der Waals surface area (Å²) in [6.45, 7) is 13.5. The van der Waals surface area contributed by atoms with Gasteiger partial charge in [-0.3, -0.25) is 0 Å². The standard InChI is InChI=1S/C11H22OSSi/c1-11(2,3)13-10(9-7-8-9)12-14(4,5)6/h7-8H2,1-6H3. The zero-order chi connectivity index (χ0) is 11.0. The van der Waals surface area contributed by atoms with Gasteiger partial charge in [0, 0.05) is 4.75 Å². The molecule has 0 aromatic rings. The van der Waals surface area contributed by atoms with Gasteiger partial charge in [0.1, 0.15) is 5.09 Å². The van der Waals surface area contributed by atoms with E-state index in [2.05, 4.69) is 40.4 Å². The van der Waals surface area contributed by atoms with E-state index in [0.29, 0.717) is 0 Å². The zero-order valence-electron chi connectivity index (χ0n) is 10.2. The molecule has 3 heteroatoms. The number of allylic oxidation sites excluding steroid dienone is 1. The molecule has 1 aliphatic carbocycles. The van der Waals surface area contributed by atoms with Crippen LogP contribution in [0.2, 0.25) is 19.6 Å². The average Bonchev–Trinajstić information content (AvgIpc) is 2.57. The molecular formula is C11H22OSSi. The summed E-state index contributed by atoms with van der Waals surface area (Å²) in [7, 11) is -1.42. The molecule has 0 N–H and O–H groups in total. The van der Waals surface area contributed by atoms with Crippen molar-refractivity contribution in [2.24, 2.45) is 0 Å². The smallest absolute Gasteiger partial charge is 0.242 e. The Morgan fingerprint density at radius 3 is 2.00 bits per heavy atom. The lowest BCUT2D eigenvalue weighted by atomic mass is 10.3. The maximum absolute atomic E-state index is 6.12. The van der Waals surface area contributed by atoms with Gasteiger partial charge in [0.2, 0.25) is 8.32 Å². The fourth-order valence-electron chi connectivity index (χ4n) is 0.988. The van der Waals surface area contributed by atoms with Crippen molar-refractivity contribution in [3.8, 4) is 0 Å². The Labute approximate surface area is 93.4 Å². The summed E-state index contributed by atoms with van der Waals surface area (Å²) >= 11 is 1.89. The Bertz CT molecular complexity index is 221. The van der Waals surface area contributed by atoms with Crippen molar-refractivity contribution in [2.45, 2.75) is 58.0 Å². The summed E-state index contributed by atoms with van der Waals surface area (Å²) < 4.78 is 6.39. The van der Waals surface area contributed by atoms with Crippen LogP contribution in [0.3, 0.4) is 0 Å². The van der Waals surface area contributed by atoms with E-state index >= 15 is 0 Å². The maximum atomic E-state index is 6.12. The van der Waals surface area contributed by atoms with Gasteiger partial charge in [0.05, 0.1) is 0 Å². The van der Waals surface area contributed by atoms with Crippen molar-refractivity contribution in [2.75, 3.05) is 0 Å². The molecule has 82 valence electrons. The van der Waals surface area contributed by atoms with Gasteiger partial charge in [-0.15, -0.1) is 0 Å². The van der Waals surface area contributed by atoms with E-state index < -0.39 is 8.32 Å². The van der Waals surface area contributed by atoms with Crippen LogP contribution in [-0.2, 0) is 4.43 Å². The monoisotopic (exact) mass is 230 g/mol. The molecule has 1 nitrogen and oxygen atoms in total. The minimum Gasteiger partial charge on any atom is -0.540 e. The van der Waals surface area contributed by atoms with Crippen molar-refractivity contribution in [1.29, 1.82) is 0 Å². The predicted octanol–water partition coefficient (Wildman–Crippen LogP) is 4.38. The quantitative estimate of drug-likeness (QED) is 0.526. The zero-order valence-corrected chi connectivity index (χ0v) is 12.0. The number of rotatable bonds is 3. The van der Waals surface area contributed by atoms with Crippen LogP contribution in [0, 0.1) is 0 Å². The fourth-order valence-corrected chi connectivity index (χ4v) is 3.51. The minimum absolute atomic E-state index is 0.268. The first kappa shape index (κ1) is 12.2. The van der Waals surface area contributed by atoms with Crippen LogP contribution >= 0.6 is 11.8 Å². The molecule has 0 saturated heterocycles. The highest BCUT2D eigenvalue weighted by atomic mass is 32.2. The van der Waals surface area contributed by atoms with Crippen molar-refractivity contribution in [1.82, 2.24) is 0 Å². The molecular weight excluding hydrogens is 208 g/mol. The van der Waals surface area contributed by atoms with Gasteiger partial charge >= 0.3 is 0 Å². The van der Waals surface area contributed by atoms with Crippen LogP contribution in [0.5, 0.6) is 0 Å². The van der Waals surface area contributed by atoms with Gasteiger partial charge in [0.25, 0.3) is 0 Å². The Kier molecular flexibility index (Phi) is 3.42. The highest BCUT2D eigenvalue weighted by Gasteiger charge is 2.28. The van der Waals surface area contributed by atoms with Crippen molar-refractivity contribution >= 4 is 20.1 Å². The Hall–Kier alpha value is 0.107. The molecule has 1 aliphatic rings. The van der Waals surface area contributed by atoms with E-state index in [9.17, 15) is 0 Å². The SMILES string of the molecule is CC(C)(C)SC(O[Si](C)(C)C)=C1CC1. The molecule has 1 rings (SSSR count). The highest BCUT2D eigenvalue weighted by Crippen LogP contribution is 2.43. The van der Waals surface area contributed by atoms with Gasteiger partial charge in [-0.2, -0.15) is 0 Å². The first-order chi connectivity index (χ1) is 6.17. The molecule has 0 amide bonds. The summed E-state index contributed by atoms with van der Waals surface area (Å²) in [6, 6.07) is 0. The Balaban J connectivity index is 2.64. The third kappa shape index (κ3) is 5.10. The Morgan fingerprint density at radius 1 is 1.21 bits per heavy atom. The second kappa shape index (κ2) is 3.93. The molecule has 1 fully saturated rings. The lowest BCUT2D eigenvalue weighted by Gasteiger charge is -2.26. The van der Waals surface area contributed by atoms with Gasteiger partial charge in [-0.05, 0) is 38.1 Å². The van der Waals surface area contributed by atoms with E-state index in [-0.39, 0.29) is 4.75 Å². The minimum atomic E-state index is -1.42. The normalized spacial score (nSPS) is 16.9. The van der Waals surface area contributed by atoms with E-state index in [0.717, 1.165) is 0 Å². The molecule has 0 bridgehead atoms. The van der Waals surface area contributed by atoms with Crippen LogP contribution < -0.4 is 0 Å². The fraction of sp³-hybridized carbons (Fsp3) is 0.818. The molecule has 0 radical (unpaired) electrons. The second-order valence-electron chi connectivity index (χ2n) is 5.82. The summed E-state index contributed by atoms with van der Waals surface area (Å²) in [5.41, 5.74) is 1.53. The molecule has 0 atom stereocenters.